The number of rotatable bonds is 5. The Labute approximate surface area is 118 Å². The zero-order chi connectivity index (χ0) is 14.5. The highest BCUT2D eigenvalue weighted by molar-refractivity contribution is 5.59. The molecule has 0 aromatic heterocycles. The summed E-state index contributed by atoms with van der Waals surface area (Å²) >= 11 is 0. The molecular weight excluding hydrogens is 255 g/mol. The van der Waals surface area contributed by atoms with Crippen LogP contribution in [0.15, 0.2) is 48.5 Å². The van der Waals surface area contributed by atoms with Gasteiger partial charge in [0.2, 0.25) is 0 Å². The van der Waals surface area contributed by atoms with Gasteiger partial charge in [0.05, 0.1) is 18.8 Å². The second kappa shape index (κ2) is 6.39. The van der Waals surface area contributed by atoms with E-state index in [0.29, 0.717) is 12.1 Å². The molecule has 0 radical (unpaired) electrons. The number of nitrogens with zero attached hydrogens (tertiary/aromatic N) is 1. The van der Waals surface area contributed by atoms with Gasteiger partial charge < -0.3 is 15.4 Å². The van der Waals surface area contributed by atoms with Crippen molar-refractivity contribution in [2.24, 2.45) is 5.73 Å². The summed E-state index contributed by atoms with van der Waals surface area (Å²) in [6, 6.07) is 14.1. The van der Waals surface area contributed by atoms with Crippen LogP contribution < -0.4 is 15.4 Å². The number of halogens is 1. The number of anilines is 1. The van der Waals surface area contributed by atoms with E-state index in [9.17, 15) is 4.39 Å². The van der Waals surface area contributed by atoms with Gasteiger partial charge in [-0.1, -0.05) is 30.3 Å². The highest BCUT2D eigenvalue weighted by Crippen LogP contribution is 2.33. The molecule has 0 amide bonds. The molecule has 4 heteroatoms. The molecule has 106 valence electrons. The zero-order valence-electron chi connectivity index (χ0n) is 11.7. The number of methoxy groups -OCH3 is 1. The highest BCUT2D eigenvalue weighted by atomic mass is 19.1. The fourth-order valence-electron chi connectivity index (χ4n) is 2.33. The zero-order valence-corrected chi connectivity index (χ0v) is 11.7. The van der Waals surface area contributed by atoms with Gasteiger partial charge in [-0.3, -0.25) is 0 Å². The van der Waals surface area contributed by atoms with Gasteiger partial charge in [-0.15, -0.1) is 0 Å². The van der Waals surface area contributed by atoms with Crippen molar-refractivity contribution in [2.45, 2.75) is 6.04 Å². The van der Waals surface area contributed by atoms with E-state index in [-0.39, 0.29) is 11.9 Å². The minimum atomic E-state index is -0.246. The Morgan fingerprint density at radius 1 is 1.15 bits per heavy atom. The Kier molecular flexibility index (Phi) is 4.58. The van der Waals surface area contributed by atoms with Crippen LogP contribution in [0.4, 0.5) is 10.1 Å². The third-order valence-electron chi connectivity index (χ3n) is 3.42. The third kappa shape index (κ3) is 2.75. The summed E-state index contributed by atoms with van der Waals surface area (Å²) in [7, 11) is 3.51. The molecule has 1 atom stereocenters. The third-order valence-corrected chi connectivity index (χ3v) is 3.42. The first kappa shape index (κ1) is 14.3. The summed E-state index contributed by atoms with van der Waals surface area (Å²) in [6.45, 7) is 0.315. The second-order valence-electron chi connectivity index (χ2n) is 4.56. The summed E-state index contributed by atoms with van der Waals surface area (Å²) in [5.41, 5.74) is 7.32. The standard InChI is InChI=1S/C16H19FN2O/c1-19(14-9-5-6-10-16(14)20-2)15(11-18)12-7-3-4-8-13(12)17/h3-10,15H,11,18H2,1-2H3. The molecule has 2 aromatic carbocycles. The molecule has 0 spiro atoms. The van der Waals surface area contributed by atoms with E-state index in [4.69, 9.17) is 10.5 Å². The molecular formula is C16H19FN2O. The number of nitrogens with two attached hydrogens (primary N) is 1. The molecule has 0 saturated carbocycles. The van der Waals surface area contributed by atoms with Gasteiger partial charge in [-0.25, -0.2) is 4.39 Å². The number of benzene rings is 2. The SMILES string of the molecule is COc1ccccc1N(C)C(CN)c1ccccc1F. The molecule has 2 aromatic rings. The number of hydrogen-bond donors (Lipinski definition) is 1. The maximum atomic E-state index is 14.0. The number of ether oxygens (including phenoxy) is 1. The van der Waals surface area contributed by atoms with E-state index in [1.807, 2.05) is 42.3 Å². The van der Waals surface area contributed by atoms with Gasteiger partial charge in [0.15, 0.2) is 0 Å². The summed E-state index contributed by atoms with van der Waals surface area (Å²) in [6.07, 6.45) is 0. The van der Waals surface area contributed by atoms with E-state index in [2.05, 4.69) is 0 Å². The molecule has 0 fully saturated rings. The van der Waals surface area contributed by atoms with Gasteiger partial charge in [-0.05, 0) is 18.2 Å². The monoisotopic (exact) mass is 274 g/mol. The molecule has 0 heterocycles. The summed E-state index contributed by atoms with van der Waals surface area (Å²) < 4.78 is 19.3. The van der Waals surface area contributed by atoms with E-state index < -0.39 is 0 Å². The van der Waals surface area contributed by atoms with Crippen LogP contribution in [0.1, 0.15) is 11.6 Å². The Morgan fingerprint density at radius 3 is 2.45 bits per heavy atom. The molecule has 0 saturated heterocycles. The predicted octanol–water partition coefficient (Wildman–Crippen LogP) is 2.97. The molecule has 2 rings (SSSR count). The topological polar surface area (TPSA) is 38.5 Å². The average molecular weight is 274 g/mol. The van der Waals surface area contributed by atoms with Crippen LogP contribution >= 0.6 is 0 Å². The van der Waals surface area contributed by atoms with Crippen molar-refractivity contribution in [1.29, 1.82) is 0 Å². The van der Waals surface area contributed by atoms with E-state index in [0.717, 1.165) is 11.4 Å². The molecule has 20 heavy (non-hydrogen) atoms. The normalized spacial score (nSPS) is 12.0. The molecule has 2 N–H and O–H groups in total. The Hall–Kier alpha value is -2.07. The first-order valence-electron chi connectivity index (χ1n) is 6.49. The lowest BCUT2D eigenvalue weighted by Crippen LogP contribution is -2.31. The fourth-order valence-corrected chi connectivity index (χ4v) is 2.33. The fraction of sp³-hybridized carbons (Fsp3) is 0.250. The van der Waals surface area contributed by atoms with Crippen LogP contribution in [0, 0.1) is 5.82 Å². The van der Waals surface area contributed by atoms with Crippen molar-refractivity contribution < 1.29 is 9.13 Å². The van der Waals surface area contributed by atoms with Crippen LogP contribution in [-0.2, 0) is 0 Å². The first-order chi connectivity index (χ1) is 9.69. The number of hydrogen-bond acceptors (Lipinski definition) is 3. The van der Waals surface area contributed by atoms with Crippen molar-refractivity contribution in [2.75, 3.05) is 25.6 Å². The van der Waals surface area contributed by atoms with Crippen LogP contribution in [0.25, 0.3) is 0 Å². The van der Waals surface area contributed by atoms with Crippen LogP contribution in [-0.4, -0.2) is 20.7 Å². The molecule has 0 aliphatic carbocycles. The lowest BCUT2D eigenvalue weighted by atomic mass is 10.0. The Morgan fingerprint density at radius 2 is 1.80 bits per heavy atom. The summed E-state index contributed by atoms with van der Waals surface area (Å²) in [5.74, 6) is 0.495. The average Bonchev–Trinajstić information content (AvgIpc) is 2.49. The molecule has 1 unspecified atom stereocenters. The number of para-hydroxylation sites is 2. The van der Waals surface area contributed by atoms with E-state index in [1.54, 1.807) is 19.2 Å². The minimum absolute atomic E-state index is 0.243. The van der Waals surface area contributed by atoms with Crippen molar-refractivity contribution in [3.8, 4) is 5.75 Å². The van der Waals surface area contributed by atoms with Crippen LogP contribution in [0.5, 0.6) is 5.75 Å². The van der Waals surface area contributed by atoms with Gasteiger partial charge in [-0.2, -0.15) is 0 Å². The molecule has 3 nitrogen and oxygen atoms in total. The van der Waals surface area contributed by atoms with Gasteiger partial charge in [0.25, 0.3) is 0 Å². The summed E-state index contributed by atoms with van der Waals surface area (Å²) in [5, 5.41) is 0. The maximum absolute atomic E-state index is 14.0. The molecule has 0 bridgehead atoms. The van der Waals surface area contributed by atoms with Crippen LogP contribution in [0.3, 0.4) is 0 Å². The Balaban J connectivity index is 2.39. The first-order valence-corrected chi connectivity index (χ1v) is 6.49. The summed E-state index contributed by atoms with van der Waals surface area (Å²) in [4.78, 5) is 1.94. The number of likely N-dealkylation sites (N-methyl/N-ethyl adjacent to an activating group) is 1. The molecule has 0 aliphatic rings. The van der Waals surface area contributed by atoms with Crippen molar-refractivity contribution >= 4 is 5.69 Å². The molecule has 0 aliphatic heterocycles. The van der Waals surface area contributed by atoms with Crippen molar-refractivity contribution in [3.05, 3.63) is 59.9 Å². The maximum Gasteiger partial charge on any atom is 0.142 e. The van der Waals surface area contributed by atoms with E-state index >= 15 is 0 Å². The van der Waals surface area contributed by atoms with E-state index in [1.165, 1.54) is 6.07 Å². The lowest BCUT2D eigenvalue weighted by molar-refractivity contribution is 0.413. The smallest absolute Gasteiger partial charge is 0.142 e. The van der Waals surface area contributed by atoms with Gasteiger partial charge in [0.1, 0.15) is 11.6 Å². The highest BCUT2D eigenvalue weighted by Gasteiger charge is 2.21. The second-order valence-corrected chi connectivity index (χ2v) is 4.56. The lowest BCUT2D eigenvalue weighted by Gasteiger charge is -2.30. The van der Waals surface area contributed by atoms with Crippen LogP contribution in [0.2, 0.25) is 0 Å². The predicted molar refractivity (Wildman–Crippen MR) is 79.6 cm³/mol. The Bertz CT molecular complexity index is 574. The largest absolute Gasteiger partial charge is 0.495 e. The minimum Gasteiger partial charge on any atom is -0.495 e. The van der Waals surface area contributed by atoms with Gasteiger partial charge in [0, 0.05) is 19.2 Å². The van der Waals surface area contributed by atoms with Crippen molar-refractivity contribution in [3.63, 3.8) is 0 Å². The quantitative estimate of drug-likeness (QED) is 0.911. The van der Waals surface area contributed by atoms with Crippen molar-refractivity contribution in [1.82, 2.24) is 0 Å². The van der Waals surface area contributed by atoms with Gasteiger partial charge >= 0.3 is 0 Å².